The Kier molecular flexibility index (Phi) is 3.36. The van der Waals surface area contributed by atoms with E-state index in [9.17, 15) is 0 Å². The van der Waals surface area contributed by atoms with Crippen molar-refractivity contribution < 1.29 is 0 Å². The first-order chi connectivity index (χ1) is 5.74. The molecule has 0 aliphatic rings. The van der Waals surface area contributed by atoms with Crippen molar-refractivity contribution in [2.24, 2.45) is 0 Å². The van der Waals surface area contributed by atoms with E-state index in [1.165, 1.54) is 16.7 Å². The molecular formula is C11H13Cl. The van der Waals surface area contributed by atoms with E-state index in [-0.39, 0.29) is 0 Å². The first-order valence-electron chi connectivity index (χ1n) is 4.01. The molecule has 0 N–H and O–H groups in total. The Bertz CT molecular complexity index is 276. The van der Waals surface area contributed by atoms with Crippen molar-refractivity contribution in [2.45, 2.75) is 19.2 Å². The van der Waals surface area contributed by atoms with E-state index in [1.807, 2.05) is 19.1 Å². The maximum absolute atomic E-state index is 5.79. The van der Waals surface area contributed by atoms with Crippen LogP contribution in [0.25, 0.3) is 0 Å². The van der Waals surface area contributed by atoms with E-state index in [4.69, 9.17) is 11.6 Å². The third kappa shape index (κ3) is 2.38. The van der Waals surface area contributed by atoms with Gasteiger partial charge in [0.15, 0.2) is 0 Å². The van der Waals surface area contributed by atoms with Crippen LogP contribution in [-0.4, -0.2) is 0 Å². The van der Waals surface area contributed by atoms with E-state index in [0.717, 1.165) is 6.42 Å². The van der Waals surface area contributed by atoms with Crippen molar-refractivity contribution in [3.63, 3.8) is 0 Å². The van der Waals surface area contributed by atoms with Crippen LogP contribution in [0, 0.1) is 0 Å². The Morgan fingerprint density at radius 1 is 1.33 bits per heavy atom. The van der Waals surface area contributed by atoms with Gasteiger partial charge in [-0.25, -0.2) is 0 Å². The standard InChI is InChI=1S/C11H13Cl/c1-9(2)7-10-5-3-4-6-11(10)8-12/h3-6H,1,7-8H2,2H3. The first kappa shape index (κ1) is 9.34. The van der Waals surface area contributed by atoms with Gasteiger partial charge >= 0.3 is 0 Å². The average Bonchev–Trinajstić information content (AvgIpc) is 2.04. The molecule has 1 aromatic rings. The normalized spacial score (nSPS) is 9.83. The van der Waals surface area contributed by atoms with Crippen molar-refractivity contribution in [1.82, 2.24) is 0 Å². The van der Waals surface area contributed by atoms with Crippen LogP contribution in [0.5, 0.6) is 0 Å². The van der Waals surface area contributed by atoms with Gasteiger partial charge in [0.05, 0.1) is 0 Å². The lowest BCUT2D eigenvalue weighted by Gasteiger charge is -2.05. The quantitative estimate of drug-likeness (QED) is 0.493. The number of hydrogen-bond acceptors (Lipinski definition) is 0. The highest BCUT2D eigenvalue weighted by atomic mass is 35.5. The Hall–Kier alpha value is -0.750. The molecule has 1 aromatic carbocycles. The molecule has 0 heterocycles. The maximum atomic E-state index is 5.79. The smallest absolute Gasteiger partial charge is 0.0476 e. The molecule has 1 rings (SSSR count). The monoisotopic (exact) mass is 180 g/mol. The van der Waals surface area contributed by atoms with Gasteiger partial charge < -0.3 is 0 Å². The summed E-state index contributed by atoms with van der Waals surface area (Å²) in [5, 5.41) is 0. The Morgan fingerprint density at radius 3 is 2.42 bits per heavy atom. The fraction of sp³-hybridized carbons (Fsp3) is 0.273. The molecule has 12 heavy (non-hydrogen) atoms. The molecule has 0 fully saturated rings. The SMILES string of the molecule is C=C(C)Cc1ccccc1CCl. The second-order valence-electron chi connectivity index (χ2n) is 3.04. The van der Waals surface area contributed by atoms with E-state index in [0.29, 0.717) is 5.88 Å². The van der Waals surface area contributed by atoms with E-state index >= 15 is 0 Å². The van der Waals surface area contributed by atoms with Crippen LogP contribution in [0.3, 0.4) is 0 Å². The fourth-order valence-corrected chi connectivity index (χ4v) is 1.45. The Balaban J connectivity index is 2.89. The van der Waals surface area contributed by atoms with Crippen LogP contribution in [0.2, 0.25) is 0 Å². The third-order valence-corrected chi connectivity index (χ3v) is 2.04. The lowest BCUT2D eigenvalue weighted by atomic mass is 10.0. The summed E-state index contributed by atoms with van der Waals surface area (Å²) in [6.45, 7) is 5.92. The van der Waals surface area contributed by atoms with Crippen LogP contribution >= 0.6 is 11.6 Å². The van der Waals surface area contributed by atoms with E-state index in [1.54, 1.807) is 0 Å². The number of benzene rings is 1. The molecule has 0 aliphatic heterocycles. The van der Waals surface area contributed by atoms with E-state index < -0.39 is 0 Å². The van der Waals surface area contributed by atoms with Gasteiger partial charge in [-0.1, -0.05) is 36.4 Å². The molecule has 1 heteroatoms. The fourth-order valence-electron chi connectivity index (χ4n) is 1.19. The highest BCUT2D eigenvalue weighted by Crippen LogP contribution is 2.14. The molecule has 0 saturated carbocycles. The molecule has 0 radical (unpaired) electrons. The van der Waals surface area contributed by atoms with Gasteiger partial charge in [-0.05, 0) is 24.5 Å². The number of hydrogen-bond donors (Lipinski definition) is 0. The third-order valence-electron chi connectivity index (χ3n) is 1.75. The molecule has 0 amide bonds. The van der Waals surface area contributed by atoms with Crippen molar-refractivity contribution in [1.29, 1.82) is 0 Å². The number of allylic oxidation sites excluding steroid dienone is 1. The van der Waals surface area contributed by atoms with Crippen molar-refractivity contribution in [3.8, 4) is 0 Å². The van der Waals surface area contributed by atoms with Gasteiger partial charge in [0, 0.05) is 5.88 Å². The van der Waals surface area contributed by atoms with Gasteiger partial charge in [0.2, 0.25) is 0 Å². The summed E-state index contributed by atoms with van der Waals surface area (Å²) >= 11 is 5.79. The van der Waals surface area contributed by atoms with Gasteiger partial charge in [0.1, 0.15) is 0 Å². The van der Waals surface area contributed by atoms with Crippen LogP contribution in [0.4, 0.5) is 0 Å². The molecule has 0 aliphatic carbocycles. The van der Waals surface area contributed by atoms with Gasteiger partial charge in [0.25, 0.3) is 0 Å². The first-order valence-corrected chi connectivity index (χ1v) is 4.54. The maximum Gasteiger partial charge on any atom is 0.0476 e. The molecule has 0 aromatic heterocycles. The number of halogens is 1. The van der Waals surface area contributed by atoms with Crippen molar-refractivity contribution in [2.75, 3.05) is 0 Å². The molecule has 0 saturated heterocycles. The van der Waals surface area contributed by atoms with Crippen LogP contribution < -0.4 is 0 Å². The highest BCUT2D eigenvalue weighted by Gasteiger charge is 1.99. The minimum absolute atomic E-state index is 0.587. The Labute approximate surface area is 78.9 Å². The van der Waals surface area contributed by atoms with Crippen LogP contribution in [0.1, 0.15) is 18.1 Å². The summed E-state index contributed by atoms with van der Waals surface area (Å²) in [6.07, 6.45) is 0.933. The summed E-state index contributed by atoms with van der Waals surface area (Å²) in [4.78, 5) is 0. The summed E-state index contributed by atoms with van der Waals surface area (Å²) in [6, 6.07) is 8.21. The topological polar surface area (TPSA) is 0 Å². The zero-order valence-electron chi connectivity index (χ0n) is 7.31. The van der Waals surface area contributed by atoms with Gasteiger partial charge in [-0.15, -0.1) is 11.6 Å². The predicted octanol–water partition coefficient (Wildman–Crippen LogP) is 3.54. The summed E-state index contributed by atoms with van der Waals surface area (Å²) in [5.74, 6) is 0.587. The summed E-state index contributed by atoms with van der Waals surface area (Å²) < 4.78 is 0. The number of rotatable bonds is 3. The second kappa shape index (κ2) is 4.32. The number of alkyl halides is 1. The molecular weight excluding hydrogens is 168 g/mol. The zero-order chi connectivity index (χ0) is 8.97. The largest absolute Gasteiger partial charge is 0.122 e. The molecule has 0 unspecified atom stereocenters. The lowest BCUT2D eigenvalue weighted by Crippen LogP contribution is -1.91. The lowest BCUT2D eigenvalue weighted by molar-refractivity contribution is 1.12. The molecule has 0 atom stereocenters. The molecule has 0 spiro atoms. The Morgan fingerprint density at radius 2 is 1.92 bits per heavy atom. The van der Waals surface area contributed by atoms with Gasteiger partial charge in [-0.3, -0.25) is 0 Å². The minimum Gasteiger partial charge on any atom is -0.122 e. The average molecular weight is 181 g/mol. The van der Waals surface area contributed by atoms with Crippen LogP contribution in [0.15, 0.2) is 36.4 Å². The van der Waals surface area contributed by atoms with Gasteiger partial charge in [-0.2, -0.15) is 0 Å². The molecule has 0 nitrogen and oxygen atoms in total. The molecule has 0 bridgehead atoms. The van der Waals surface area contributed by atoms with E-state index in [2.05, 4.69) is 18.7 Å². The minimum atomic E-state index is 0.587. The molecule has 64 valence electrons. The summed E-state index contributed by atoms with van der Waals surface area (Å²) in [7, 11) is 0. The van der Waals surface area contributed by atoms with Crippen molar-refractivity contribution in [3.05, 3.63) is 47.5 Å². The second-order valence-corrected chi connectivity index (χ2v) is 3.30. The zero-order valence-corrected chi connectivity index (χ0v) is 8.06. The highest BCUT2D eigenvalue weighted by molar-refractivity contribution is 6.17. The predicted molar refractivity (Wildman–Crippen MR) is 54.5 cm³/mol. The van der Waals surface area contributed by atoms with Crippen LogP contribution in [-0.2, 0) is 12.3 Å². The van der Waals surface area contributed by atoms with Crippen molar-refractivity contribution >= 4 is 11.6 Å². The summed E-state index contributed by atoms with van der Waals surface area (Å²) in [5.41, 5.74) is 3.68.